The fourth-order valence-corrected chi connectivity index (χ4v) is 1.17. The van der Waals surface area contributed by atoms with E-state index in [4.69, 9.17) is 6.42 Å². The Labute approximate surface area is 74.6 Å². The minimum Gasteiger partial charge on any atom is -0.0888 e. The van der Waals surface area contributed by atoms with E-state index in [0.717, 1.165) is 12.8 Å². The standard InChI is InChI=1S/C12H13/c1-4-5-6-12-8-7-10(2)11(3)9-12/h7-9H,5-6H2,2-3H3. The highest BCUT2D eigenvalue weighted by Gasteiger charge is 1.94. The molecular formula is C12H13. The average molecular weight is 157 g/mol. The van der Waals surface area contributed by atoms with Gasteiger partial charge in [0.1, 0.15) is 0 Å². The van der Waals surface area contributed by atoms with Crippen LogP contribution in [-0.4, -0.2) is 0 Å². The number of hydrogen-bond donors (Lipinski definition) is 0. The first-order valence-corrected chi connectivity index (χ1v) is 4.20. The van der Waals surface area contributed by atoms with Gasteiger partial charge in [-0.25, -0.2) is 0 Å². The second-order valence-corrected chi connectivity index (χ2v) is 3.10. The SMILES string of the molecule is [C]#CCCc1ccc(C)c(C)c1. The van der Waals surface area contributed by atoms with Gasteiger partial charge < -0.3 is 0 Å². The highest BCUT2D eigenvalue weighted by Crippen LogP contribution is 2.10. The Hall–Kier alpha value is -1.22. The van der Waals surface area contributed by atoms with Gasteiger partial charge in [0, 0.05) is 6.42 Å². The first-order chi connectivity index (χ1) is 5.74. The summed E-state index contributed by atoms with van der Waals surface area (Å²) in [5.74, 6) is 2.40. The molecular weight excluding hydrogens is 144 g/mol. The predicted molar refractivity (Wildman–Crippen MR) is 51.4 cm³/mol. The molecule has 0 N–H and O–H groups in total. The summed E-state index contributed by atoms with van der Waals surface area (Å²) in [5, 5.41) is 0. The molecule has 0 nitrogen and oxygen atoms in total. The maximum Gasteiger partial charge on any atom is 0.0139 e. The van der Waals surface area contributed by atoms with E-state index in [-0.39, 0.29) is 0 Å². The first-order valence-electron chi connectivity index (χ1n) is 4.20. The summed E-state index contributed by atoms with van der Waals surface area (Å²) in [6.07, 6.45) is 8.46. The molecule has 1 rings (SSSR count). The smallest absolute Gasteiger partial charge is 0.0139 e. The maximum absolute atomic E-state index is 6.80. The molecule has 0 amide bonds. The van der Waals surface area contributed by atoms with E-state index in [9.17, 15) is 0 Å². The predicted octanol–water partition coefficient (Wildman–Crippen LogP) is 2.83. The van der Waals surface area contributed by atoms with E-state index in [1.54, 1.807) is 0 Å². The maximum atomic E-state index is 6.80. The molecule has 12 heavy (non-hydrogen) atoms. The van der Waals surface area contributed by atoms with Crippen LogP contribution in [0.3, 0.4) is 0 Å². The Kier molecular flexibility index (Phi) is 2.94. The second kappa shape index (κ2) is 3.97. The van der Waals surface area contributed by atoms with Crippen LogP contribution in [0.1, 0.15) is 23.1 Å². The Bertz CT molecular complexity index is 302. The largest absolute Gasteiger partial charge is 0.0888 e. The lowest BCUT2D eigenvalue weighted by atomic mass is 10.0. The zero-order valence-corrected chi connectivity index (χ0v) is 7.65. The van der Waals surface area contributed by atoms with Crippen LogP contribution < -0.4 is 0 Å². The van der Waals surface area contributed by atoms with Gasteiger partial charge in [0.25, 0.3) is 0 Å². The van der Waals surface area contributed by atoms with Gasteiger partial charge in [-0.3, -0.25) is 0 Å². The number of rotatable bonds is 2. The van der Waals surface area contributed by atoms with Crippen molar-refractivity contribution >= 4 is 0 Å². The summed E-state index contributed by atoms with van der Waals surface area (Å²) >= 11 is 0. The lowest BCUT2D eigenvalue weighted by Gasteiger charge is -2.02. The van der Waals surface area contributed by atoms with Crippen molar-refractivity contribution in [1.82, 2.24) is 0 Å². The Morgan fingerprint density at radius 3 is 2.58 bits per heavy atom. The molecule has 61 valence electrons. The Morgan fingerprint density at radius 1 is 1.25 bits per heavy atom. The number of benzene rings is 1. The molecule has 0 heterocycles. The highest BCUT2D eigenvalue weighted by molar-refractivity contribution is 5.30. The van der Waals surface area contributed by atoms with E-state index in [2.05, 4.69) is 38.0 Å². The molecule has 1 aromatic carbocycles. The summed E-state index contributed by atoms with van der Waals surface area (Å²) in [6.45, 7) is 4.23. The van der Waals surface area contributed by atoms with Gasteiger partial charge in [-0.1, -0.05) is 24.1 Å². The summed E-state index contributed by atoms with van der Waals surface area (Å²) in [6, 6.07) is 6.45. The van der Waals surface area contributed by atoms with Crippen LogP contribution in [0.2, 0.25) is 0 Å². The Balaban J connectivity index is 2.77. The lowest BCUT2D eigenvalue weighted by molar-refractivity contribution is 1.02. The van der Waals surface area contributed by atoms with Gasteiger partial charge in [-0.15, -0.1) is 0 Å². The third kappa shape index (κ3) is 2.13. The topological polar surface area (TPSA) is 0 Å². The van der Waals surface area contributed by atoms with Gasteiger partial charge >= 0.3 is 0 Å². The lowest BCUT2D eigenvalue weighted by Crippen LogP contribution is -1.87. The third-order valence-electron chi connectivity index (χ3n) is 2.11. The fraction of sp³-hybridized carbons (Fsp3) is 0.333. The molecule has 0 heteroatoms. The molecule has 0 spiro atoms. The number of hydrogen-bond acceptors (Lipinski definition) is 0. The summed E-state index contributed by atoms with van der Waals surface area (Å²) < 4.78 is 0. The third-order valence-corrected chi connectivity index (χ3v) is 2.11. The zero-order valence-electron chi connectivity index (χ0n) is 7.65. The monoisotopic (exact) mass is 157 g/mol. The van der Waals surface area contributed by atoms with Gasteiger partial charge in [0.15, 0.2) is 0 Å². The van der Waals surface area contributed by atoms with Gasteiger partial charge in [-0.2, -0.15) is 0 Å². The van der Waals surface area contributed by atoms with E-state index in [1.807, 2.05) is 0 Å². The van der Waals surface area contributed by atoms with E-state index in [1.165, 1.54) is 16.7 Å². The van der Waals surface area contributed by atoms with Crippen LogP contribution >= 0.6 is 0 Å². The van der Waals surface area contributed by atoms with E-state index < -0.39 is 0 Å². The minimum atomic E-state index is 0.725. The molecule has 0 unspecified atom stereocenters. The minimum absolute atomic E-state index is 0.725. The first kappa shape index (κ1) is 8.87. The molecule has 0 saturated carbocycles. The molecule has 1 radical (unpaired) electrons. The molecule has 0 fully saturated rings. The van der Waals surface area contributed by atoms with Crippen LogP contribution in [0.4, 0.5) is 0 Å². The van der Waals surface area contributed by atoms with Crippen molar-refractivity contribution in [3.8, 4) is 5.92 Å². The van der Waals surface area contributed by atoms with Crippen molar-refractivity contribution in [2.75, 3.05) is 0 Å². The normalized spacial score (nSPS) is 9.42. The molecule has 0 aliphatic carbocycles. The van der Waals surface area contributed by atoms with Crippen LogP contribution in [0.25, 0.3) is 0 Å². The quantitative estimate of drug-likeness (QED) is 0.579. The average Bonchev–Trinajstić information content (AvgIpc) is 2.07. The van der Waals surface area contributed by atoms with Crippen molar-refractivity contribution in [2.45, 2.75) is 26.7 Å². The molecule has 0 aromatic heterocycles. The Morgan fingerprint density at radius 2 is 2.00 bits per heavy atom. The van der Waals surface area contributed by atoms with Crippen LogP contribution in [-0.2, 0) is 6.42 Å². The van der Waals surface area contributed by atoms with Crippen molar-refractivity contribution in [1.29, 1.82) is 0 Å². The molecule has 0 saturated heterocycles. The van der Waals surface area contributed by atoms with Crippen molar-refractivity contribution in [3.05, 3.63) is 41.3 Å². The summed E-state index contributed by atoms with van der Waals surface area (Å²) in [4.78, 5) is 0. The van der Waals surface area contributed by atoms with Gasteiger partial charge in [0.2, 0.25) is 0 Å². The van der Waals surface area contributed by atoms with Crippen molar-refractivity contribution in [3.63, 3.8) is 0 Å². The molecule has 0 bridgehead atoms. The van der Waals surface area contributed by atoms with Gasteiger partial charge in [-0.05, 0) is 43.4 Å². The van der Waals surface area contributed by atoms with Crippen molar-refractivity contribution in [2.24, 2.45) is 0 Å². The van der Waals surface area contributed by atoms with Crippen LogP contribution in [0, 0.1) is 26.2 Å². The number of aryl methyl sites for hydroxylation is 3. The van der Waals surface area contributed by atoms with E-state index in [0.29, 0.717) is 0 Å². The fourth-order valence-electron chi connectivity index (χ4n) is 1.17. The summed E-state index contributed by atoms with van der Waals surface area (Å²) in [5.41, 5.74) is 3.97. The molecule has 0 aliphatic rings. The van der Waals surface area contributed by atoms with E-state index >= 15 is 0 Å². The van der Waals surface area contributed by atoms with Crippen molar-refractivity contribution < 1.29 is 0 Å². The zero-order chi connectivity index (χ0) is 8.97. The van der Waals surface area contributed by atoms with Crippen LogP contribution in [0.15, 0.2) is 18.2 Å². The second-order valence-electron chi connectivity index (χ2n) is 3.10. The molecule has 0 atom stereocenters. The highest BCUT2D eigenvalue weighted by atomic mass is 14.0. The molecule has 0 aliphatic heterocycles. The van der Waals surface area contributed by atoms with Crippen LogP contribution in [0.5, 0.6) is 0 Å². The summed E-state index contributed by atoms with van der Waals surface area (Å²) in [7, 11) is 0. The van der Waals surface area contributed by atoms with Gasteiger partial charge in [0.05, 0.1) is 0 Å². The molecule has 1 aromatic rings.